The number of carbonyl (C=O) groups excluding carboxylic acids is 2. The second kappa shape index (κ2) is 9.74. The summed E-state index contributed by atoms with van der Waals surface area (Å²) in [7, 11) is 3.15. The quantitative estimate of drug-likeness (QED) is 0.607. The Labute approximate surface area is 186 Å². The van der Waals surface area contributed by atoms with Gasteiger partial charge in [0.15, 0.2) is 11.5 Å². The van der Waals surface area contributed by atoms with Crippen LogP contribution in [0.5, 0.6) is 11.5 Å². The summed E-state index contributed by atoms with van der Waals surface area (Å²) in [4.78, 5) is 27.6. The van der Waals surface area contributed by atoms with Crippen molar-refractivity contribution in [3.63, 3.8) is 0 Å². The van der Waals surface area contributed by atoms with Gasteiger partial charge < -0.3 is 28.8 Å². The minimum atomic E-state index is -0.250. The van der Waals surface area contributed by atoms with Crippen molar-refractivity contribution in [3.05, 3.63) is 53.8 Å². The van der Waals surface area contributed by atoms with Gasteiger partial charge in [-0.15, -0.1) is 0 Å². The van der Waals surface area contributed by atoms with Crippen molar-refractivity contribution in [2.24, 2.45) is 0 Å². The van der Waals surface area contributed by atoms with Gasteiger partial charge in [-0.2, -0.15) is 0 Å². The second-order valence-corrected chi connectivity index (χ2v) is 7.44. The van der Waals surface area contributed by atoms with Crippen LogP contribution >= 0.6 is 0 Å². The first kappa shape index (κ1) is 21.7. The van der Waals surface area contributed by atoms with Crippen LogP contribution in [-0.4, -0.2) is 57.2 Å². The highest BCUT2D eigenvalue weighted by Gasteiger charge is 2.27. The fraction of sp³-hybridized carbons (Fsp3) is 0.333. The number of carbonyl (C=O) groups is 2. The van der Waals surface area contributed by atoms with Gasteiger partial charge in [-0.05, 0) is 36.2 Å². The van der Waals surface area contributed by atoms with Crippen LogP contribution in [-0.2, 0) is 16.0 Å². The highest BCUT2D eigenvalue weighted by molar-refractivity contribution is 6.10. The second-order valence-electron chi connectivity index (χ2n) is 7.44. The van der Waals surface area contributed by atoms with Gasteiger partial charge in [0, 0.05) is 24.9 Å². The monoisotopic (exact) mass is 438 g/mol. The third-order valence-corrected chi connectivity index (χ3v) is 5.44. The predicted octanol–water partition coefficient (Wildman–Crippen LogP) is 3.49. The molecule has 0 spiro atoms. The number of nitrogens with zero attached hydrogens (tertiary/aromatic N) is 1. The Bertz CT molecular complexity index is 1120. The van der Waals surface area contributed by atoms with Gasteiger partial charge in [-0.1, -0.05) is 18.2 Å². The first-order chi connectivity index (χ1) is 15.6. The average Bonchev–Trinajstić information content (AvgIpc) is 3.20. The largest absolute Gasteiger partial charge is 0.493 e. The Morgan fingerprint density at radius 1 is 1.03 bits per heavy atom. The van der Waals surface area contributed by atoms with Gasteiger partial charge in [-0.25, -0.2) is 0 Å². The molecule has 0 atom stereocenters. The number of furan rings is 1. The molecule has 1 aliphatic heterocycles. The van der Waals surface area contributed by atoms with Gasteiger partial charge in [0.25, 0.3) is 5.91 Å². The van der Waals surface area contributed by atoms with Gasteiger partial charge >= 0.3 is 0 Å². The molecule has 2 heterocycles. The van der Waals surface area contributed by atoms with Crippen LogP contribution in [0.1, 0.15) is 22.5 Å². The van der Waals surface area contributed by atoms with Crippen molar-refractivity contribution < 1.29 is 28.2 Å². The van der Waals surface area contributed by atoms with E-state index in [1.807, 2.05) is 36.4 Å². The summed E-state index contributed by atoms with van der Waals surface area (Å²) in [5, 5.41) is 3.61. The molecular weight excluding hydrogens is 412 g/mol. The third kappa shape index (κ3) is 4.55. The number of hydrogen-bond acceptors (Lipinski definition) is 6. The molecule has 8 nitrogen and oxygen atoms in total. The summed E-state index contributed by atoms with van der Waals surface area (Å²) in [6.07, 6.45) is 0.745. The number of amides is 2. The molecule has 1 aliphatic rings. The van der Waals surface area contributed by atoms with Crippen LogP contribution in [0.4, 0.5) is 5.69 Å². The van der Waals surface area contributed by atoms with Crippen LogP contribution in [0.2, 0.25) is 0 Å². The van der Waals surface area contributed by atoms with E-state index in [1.54, 1.807) is 25.2 Å². The molecule has 8 heteroatoms. The number of ether oxygens (including phenoxy) is 3. The molecule has 2 amide bonds. The van der Waals surface area contributed by atoms with E-state index in [9.17, 15) is 9.59 Å². The van der Waals surface area contributed by atoms with E-state index < -0.39 is 0 Å². The fourth-order valence-electron chi connectivity index (χ4n) is 3.73. The SMILES string of the molecule is COc1ccc(CCC(=O)Nc2c(C(=O)N3CCOCC3)oc3ccccc23)cc1OC. The van der Waals surface area contributed by atoms with Crippen LogP contribution in [0.3, 0.4) is 0 Å². The number of para-hydroxylation sites is 1. The molecule has 3 aromatic rings. The number of aryl methyl sites for hydroxylation is 1. The number of benzene rings is 2. The van der Waals surface area contributed by atoms with Gasteiger partial charge in [0.1, 0.15) is 11.3 Å². The lowest BCUT2D eigenvalue weighted by Gasteiger charge is -2.26. The molecule has 168 valence electrons. The summed E-state index contributed by atoms with van der Waals surface area (Å²) in [6.45, 7) is 1.95. The normalized spacial score (nSPS) is 13.8. The van der Waals surface area contributed by atoms with Crippen molar-refractivity contribution in [2.75, 3.05) is 45.8 Å². The van der Waals surface area contributed by atoms with Crippen LogP contribution in [0.15, 0.2) is 46.9 Å². The predicted molar refractivity (Wildman–Crippen MR) is 119 cm³/mol. The first-order valence-corrected chi connectivity index (χ1v) is 10.5. The summed E-state index contributed by atoms with van der Waals surface area (Å²) in [5.74, 6) is 0.941. The number of rotatable bonds is 7. The van der Waals surface area contributed by atoms with Gasteiger partial charge in [-0.3, -0.25) is 9.59 Å². The molecule has 1 fully saturated rings. The van der Waals surface area contributed by atoms with E-state index in [-0.39, 0.29) is 24.0 Å². The maximum absolute atomic E-state index is 13.1. The molecule has 32 heavy (non-hydrogen) atoms. The van der Waals surface area contributed by atoms with E-state index in [2.05, 4.69) is 5.32 Å². The Hall–Kier alpha value is -3.52. The van der Waals surface area contributed by atoms with E-state index in [1.165, 1.54) is 0 Å². The molecule has 1 aromatic heterocycles. The lowest BCUT2D eigenvalue weighted by Crippen LogP contribution is -2.40. The summed E-state index contributed by atoms with van der Waals surface area (Å²) >= 11 is 0. The number of nitrogens with one attached hydrogen (secondary N) is 1. The molecular formula is C24H26N2O6. The lowest BCUT2D eigenvalue weighted by atomic mass is 10.1. The Morgan fingerprint density at radius 2 is 1.78 bits per heavy atom. The maximum atomic E-state index is 13.1. The van der Waals surface area contributed by atoms with Crippen molar-refractivity contribution in [2.45, 2.75) is 12.8 Å². The van der Waals surface area contributed by atoms with Gasteiger partial charge in [0.05, 0.1) is 27.4 Å². The zero-order valence-corrected chi connectivity index (χ0v) is 18.2. The molecule has 2 aromatic carbocycles. The molecule has 4 rings (SSSR count). The standard InChI is InChI=1S/C24H26N2O6/c1-29-19-9-7-16(15-20(19)30-2)8-10-21(27)25-22-17-5-3-4-6-18(17)32-23(22)24(28)26-11-13-31-14-12-26/h3-7,9,15H,8,10-14H2,1-2H3,(H,25,27). The molecule has 0 unspecified atom stereocenters. The van der Waals surface area contributed by atoms with Crippen molar-refractivity contribution in [1.82, 2.24) is 4.90 Å². The summed E-state index contributed by atoms with van der Waals surface area (Å²) in [5.41, 5.74) is 1.91. The van der Waals surface area contributed by atoms with E-state index in [0.717, 1.165) is 5.56 Å². The maximum Gasteiger partial charge on any atom is 0.291 e. The van der Waals surface area contributed by atoms with Crippen LogP contribution in [0.25, 0.3) is 11.0 Å². The number of anilines is 1. The molecule has 0 saturated carbocycles. The zero-order chi connectivity index (χ0) is 22.5. The summed E-state index contributed by atoms with van der Waals surface area (Å²) in [6, 6.07) is 12.9. The smallest absolute Gasteiger partial charge is 0.291 e. The lowest BCUT2D eigenvalue weighted by molar-refractivity contribution is -0.116. The molecule has 0 bridgehead atoms. The number of methoxy groups -OCH3 is 2. The van der Waals surface area contributed by atoms with E-state index >= 15 is 0 Å². The first-order valence-electron chi connectivity index (χ1n) is 10.5. The van der Waals surface area contributed by atoms with Crippen LogP contribution < -0.4 is 14.8 Å². The van der Waals surface area contributed by atoms with Gasteiger partial charge in [0.2, 0.25) is 11.7 Å². The molecule has 0 radical (unpaired) electrons. The summed E-state index contributed by atoms with van der Waals surface area (Å²) < 4.78 is 21.8. The zero-order valence-electron chi connectivity index (χ0n) is 18.2. The van der Waals surface area contributed by atoms with E-state index in [0.29, 0.717) is 60.9 Å². The average molecular weight is 438 g/mol. The Morgan fingerprint density at radius 3 is 2.53 bits per heavy atom. The fourth-order valence-corrected chi connectivity index (χ4v) is 3.73. The van der Waals surface area contributed by atoms with Crippen molar-refractivity contribution >= 4 is 28.5 Å². The molecule has 0 aliphatic carbocycles. The van der Waals surface area contributed by atoms with E-state index in [4.69, 9.17) is 18.6 Å². The topological polar surface area (TPSA) is 90.2 Å². The minimum Gasteiger partial charge on any atom is -0.493 e. The highest BCUT2D eigenvalue weighted by Crippen LogP contribution is 2.32. The molecule has 1 N–H and O–H groups in total. The number of morpholine rings is 1. The van der Waals surface area contributed by atoms with Crippen molar-refractivity contribution in [3.8, 4) is 11.5 Å². The number of hydrogen-bond donors (Lipinski definition) is 1. The van der Waals surface area contributed by atoms with Crippen LogP contribution in [0, 0.1) is 0 Å². The number of fused-ring (bicyclic) bond motifs is 1. The highest BCUT2D eigenvalue weighted by atomic mass is 16.5. The Kier molecular flexibility index (Phi) is 6.61. The third-order valence-electron chi connectivity index (χ3n) is 5.44. The van der Waals surface area contributed by atoms with Crippen molar-refractivity contribution in [1.29, 1.82) is 0 Å². The minimum absolute atomic E-state index is 0.146. The molecule has 1 saturated heterocycles. The Balaban J connectivity index is 1.51.